The van der Waals surface area contributed by atoms with Crippen molar-refractivity contribution in [1.82, 2.24) is 0 Å². The number of nitrogens with one attached hydrogen (secondary N) is 1. The number of anilines is 1. The number of carbonyl (C=O) groups is 1. The topological polar surface area (TPSA) is 66.0 Å². The maximum Gasteiger partial charge on any atom is 0.259 e. The second kappa shape index (κ2) is 7.79. The monoisotopic (exact) mass is 351 g/mol. The lowest BCUT2D eigenvalue weighted by Crippen LogP contribution is -2.14. The minimum Gasteiger partial charge on any atom is -0.497 e. The molecule has 6 nitrogen and oxygen atoms in total. The van der Waals surface area contributed by atoms with Crippen molar-refractivity contribution in [1.29, 1.82) is 0 Å². The second-order valence-electron chi connectivity index (χ2n) is 4.71. The highest BCUT2D eigenvalue weighted by Crippen LogP contribution is 2.36. The largest absolute Gasteiger partial charge is 0.497 e. The van der Waals surface area contributed by atoms with Gasteiger partial charge in [0.05, 0.1) is 44.7 Å². The summed E-state index contributed by atoms with van der Waals surface area (Å²) >= 11 is 6.19. The fourth-order valence-corrected chi connectivity index (χ4v) is 2.33. The zero-order valence-corrected chi connectivity index (χ0v) is 14.6. The highest BCUT2D eigenvalue weighted by atomic mass is 35.5. The zero-order valence-electron chi connectivity index (χ0n) is 13.8. The van der Waals surface area contributed by atoms with E-state index in [0.29, 0.717) is 39.3 Å². The molecule has 0 aromatic heterocycles. The van der Waals surface area contributed by atoms with Crippen LogP contribution in [0.2, 0.25) is 5.02 Å². The van der Waals surface area contributed by atoms with Crippen LogP contribution in [-0.4, -0.2) is 34.3 Å². The number of ether oxygens (including phenoxy) is 4. The van der Waals surface area contributed by atoms with Gasteiger partial charge in [0, 0.05) is 12.1 Å². The first-order chi connectivity index (χ1) is 11.5. The van der Waals surface area contributed by atoms with E-state index in [2.05, 4.69) is 5.32 Å². The number of hydrogen-bond acceptors (Lipinski definition) is 5. The van der Waals surface area contributed by atoms with E-state index in [0.717, 1.165) is 0 Å². The Balaban J connectivity index is 2.36. The van der Waals surface area contributed by atoms with E-state index >= 15 is 0 Å². The van der Waals surface area contributed by atoms with E-state index in [9.17, 15) is 4.79 Å². The fourth-order valence-electron chi connectivity index (χ4n) is 2.13. The fraction of sp³-hybridized carbons (Fsp3) is 0.235. The summed E-state index contributed by atoms with van der Waals surface area (Å²) in [7, 11) is 6.02. The van der Waals surface area contributed by atoms with Gasteiger partial charge in [0.2, 0.25) is 0 Å². The van der Waals surface area contributed by atoms with Crippen molar-refractivity contribution in [3.05, 3.63) is 40.9 Å². The zero-order chi connectivity index (χ0) is 17.7. The Morgan fingerprint density at radius 1 is 0.875 bits per heavy atom. The lowest BCUT2D eigenvalue weighted by molar-refractivity contribution is 0.102. The van der Waals surface area contributed by atoms with Crippen LogP contribution < -0.4 is 24.3 Å². The van der Waals surface area contributed by atoms with Gasteiger partial charge in [0.25, 0.3) is 5.91 Å². The summed E-state index contributed by atoms with van der Waals surface area (Å²) in [6.45, 7) is 0. The molecule has 0 saturated carbocycles. The predicted octanol–water partition coefficient (Wildman–Crippen LogP) is 3.63. The summed E-state index contributed by atoms with van der Waals surface area (Å²) in [6, 6.07) is 8.11. The normalized spacial score (nSPS) is 10.0. The quantitative estimate of drug-likeness (QED) is 0.860. The van der Waals surface area contributed by atoms with Gasteiger partial charge in [0.15, 0.2) is 11.5 Å². The molecule has 0 bridgehead atoms. The third-order valence-electron chi connectivity index (χ3n) is 3.37. The molecule has 24 heavy (non-hydrogen) atoms. The molecule has 1 amide bonds. The van der Waals surface area contributed by atoms with Crippen molar-refractivity contribution in [2.75, 3.05) is 33.8 Å². The van der Waals surface area contributed by atoms with Crippen molar-refractivity contribution in [2.24, 2.45) is 0 Å². The Morgan fingerprint density at radius 2 is 1.50 bits per heavy atom. The van der Waals surface area contributed by atoms with Crippen LogP contribution in [0.15, 0.2) is 30.3 Å². The Hall–Kier alpha value is -2.60. The van der Waals surface area contributed by atoms with Crippen LogP contribution in [0.3, 0.4) is 0 Å². The molecule has 2 aromatic carbocycles. The van der Waals surface area contributed by atoms with Gasteiger partial charge < -0.3 is 24.3 Å². The van der Waals surface area contributed by atoms with Crippen LogP contribution >= 0.6 is 11.6 Å². The smallest absolute Gasteiger partial charge is 0.259 e. The highest BCUT2D eigenvalue weighted by molar-refractivity contribution is 6.34. The number of hydrogen-bond donors (Lipinski definition) is 1. The number of methoxy groups -OCH3 is 4. The van der Waals surface area contributed by atoms with Crippen LogP contribution in [0.4, 0.5) is 5.69 Å². The summed E-state index contributed by atoms with van der Waals surface area (Å²) in [6.07, 6.45) is 0. The standard InChI is InChI=1S/C17H18ClNO5/c1-21-10-5-6-14(22-2)11(7-10)17(20)19-13-9-16(24-4)15(23-3)8-12(13)18/h5-9H,1-4H3,(H,19,20). The van der Waals surface area contributed by atoms with Crippen LogP contribution in [0.1, 0.15) is 10.4 Å². The van der Waals surface area contributed by atoms with Gasteiger partial charge in [-0.1, -0.05) is 11.6 Å². The highest BCUT2D eigenvalue weighted by Gasteiger charge is 2.17. The van der Waals surface area contributed by atoms with Gasteiger partial charge in [-0.15, -0.1) is 0 Å². The summed E-state index contributed by atoms with van der Waals surface area (Å²) in [5.74, 6) is 1.50. The second-order valence-corrected chi connectivity index (χ2v) is 5.11. The molecule has 0 heterocycles. The molecule has 0 spiro atoms. The summed E-state index contributed by atoms with van der Waals surface area (Å²) in [5, 5.41) is 3.06. The van der Waals surface area contributed by atoms with Crippen LogP contribution in [0.25, 0.3) is 0 Å². The maximum atomic E-state index is 12.6. The maximum absolute atomic E-state index is 12.6. The molecule has 0 unspecified atom stereocenters. The minimum atomic E-state index is -0.389. The van der Waals surface area contributed by atoms with Gasteiger partial charge in [-0.3, -0.25) is 4.79 Å². The van der Waals surface area contributed by atoms with Crippen molar-refractivity contribution in [3.63, 3.8) is 0 Å². The Labute approximate surface area is 145 Å². The van der Waals surface area contributed by atoms with Crippen LogP contribution in [0, 0.1) is 0 Å². The Bertz CT molecular complexity index is 748. The van der Waals surface area contributed by atoms with Gasteiger partial charge in [-0.2, -0.15) is 0 Å². The van der Waals surface area contributed by atoms with Crippen LogP contribution in [-0.2, 0) is 0 Å². The molecule has 0 fully saturated rings. The third kappa shape index (κ3) is 3.65. The Morgan fingerprint density at radius 3 is 2.08 bits per heavy atom. The summed E-state index contributed by atoms with van der Waals surface area (Å²) in [4.78, 5) is 12.6. The number of rotatable bonds is 6. The molecular formula is C17H18ClNO5. The molecule has 0 radical (unpaired) electrons. The first-order valence-corrected chi connectivity index (χ1v) is 7.36. The van der Waals surface area contributed by atoms with Crippen molar-refractivity contribution in [3.8, 4) is 23.0 Å². The predicted molar refractivity (Wildman–Crippen MR) is 92.1 cm³/mol. The SMILES string of the molecule is COc1ccc(OC)c(C(=O)Nc2cc(OC)c(OC)cc2Cl)c1. The number of halogens is 1. The van der Waals surface area contributed by atoms with E-state index in [-0.39, 0.29) is 5.91 Å². The molecule has 2 rings (SSSR count). The van der Waals surface area contributed by atoms with Crippen molar-refractivity contribution in [2.45, 2.75) is 0 Å². The van der Waals surface area contributed by atoms with E-state index in [1.165, 1.54) is 28.4 Å². The molecule has 128 valence electrons. The molecule has 7 heteroatoms. The first-order valence-electron chi connectivity index (χ1n) is 6.99. The van der Waals surface area contributed by atoms with E-state index < -0.39 is 0 Å². The number of carbonyl (C=O) groups excluding carboxylic acids is 1. The van der Waals surface area contributed by atoms with E-state index in [4.69, 9.17) is 30.5 Å². The van der Waals surface area contributed by atoms with Gasteiger partial charge in [-0.05, 0) is 18.2 Å². The van der Waals surface area contributed by atoms with E-state index in [1.54, 1.807) is 30.3 Å². The first kappa shape index (κ1) is 17.7. The van der Waals surface area contributed by atoms with Crippen molar-refractivity contribution >= 4 is 23.2 Å². The van der Waals surface area contributed by atoms with Gasteiger partial charge >= 0.3 is 0 Å². The summed E-state index contributed by atoms with van der Waals surface area (Å²) in [5.41, 5.74) is 0.715. The molecular weight excluding hydrogens is 334 g/mol. The van der Waals surface area contributed by atoms with Crippen LogP contribution in [0.5, 0.6) is 23.0 Å². The average molecular weight is 352 g/mol. The lowest BCUT2D eigenvalue weighted by atomic mass is 10.1. The summed E-state index contributed by atoms with van der Waals surface area (Å²) < 4.78 is 20.8. The molecule has 1 N–H and O–H groups in total. The van der Waals surface area contributed by atoms with Gasteiger partial charge in [-0.25, -0.2) is 0 Å². The minimum absolute atomic E-state index is 0.322. The van der Waals surface area contributed by atoms with Crippen molar-refractivity contribution < 1.29 is 23.7 Å². The molecule has 0 aliphatic rings. The molecule has 0 aliphatic heterocycles. The lowest BCUT2D eigenvalue weighted by Gasteiger charge is -2.14. The number of benzene rings is 2. The average Bonchev–Trinajstić information content (AvgIpc) is 2.62. The number of amides is 1. The third-order valence-corrected chi connectivity index (χ3v) is 3.69. The van der Waals surface area contributed by atoms with Gasteiger partial charge in [0.1, 0.15) is 11.5 Å². The molecule has 0 saturated heterocycles. The molecule has 0 aliphatic carbocycles. The molecule has 0 atom stereocenters. The Kier molecular flexibility index (Phi) is 5.76. The van der Waals surface area contributed by atoms with E-state index in [1.807, 2.05) is 0 Å². The molecule has 2 aromatic rings.